The molecule has 0 fully saturated rings. The van der Waals surface area contributed by atoms with E-state index in [1.807, 2.05) is 6.92 Å². The predicted octanol–water partition coefficient (Wildman–Crippen LogP) is 4.94. The van der Waals surface area contributed by atoms with E-state index in [9.17, 15) is 24.5 Å². The number of amides is 1. The second-order valence-electron chi connectivity index (χ2n) is 8.37. The molecule has 0 N–H and O–H groups in total. The highest BCUT2D eigenvalue weighted by Crippen LogP contribution is 2.42. The summed E-state index contributed by atoms with van der Waals surface area (Å²) in [6, 6.07) is 16.1. The van der Waals surface area contributed by atoms with Gasteiger partial charge in [0.2, 0.25) is 5.76 Å². The normalized spacial score (nSPS) is 14.7. The lowest BCUT2D eigenvalue weighted by atomic mass is 9.97. The molecule has 9 heteroatoms. The highest BCUT2D eigenvalue weighted by atomic mass is 16.6. The van der Waals surface area contributed by atoms with Crippen LogP contribution in [0, 0.1) is 17.0 Å². The molecule has 2 heterocycles. The molecule has 36 heavy (non-hydrogen) atoms. The summed E-state index contributed by atoms with van der Waals surface area (Å²) in [6.45, 7) is 3.76. The smallest absolute Gasteiger partial charge is 0.338 e. The number of rotatable bonds is 5. The standard InChI is InChI=1S/C27H20N2O7/c1-3-35-27(32)16-8-10-18(11-9-16)28-23(17-5-4-6-19(14-17)29(33)34)22-24(30)20-13-15(2)7-12-21(20)36-25(22)26(28)31/h4-14,23H,3H2,1-2H3. The Labute approximate surface area is 204 Å². The molecular weight excluding hydrogens is 464 g/mol. The number of nitro benzene ring substituents is 1. The maximum absolute atomic E-state index is 13.7. The van der Waals surface area contributed by atoms with Crippen molar-refractivity contribution >= 4 is 34.2 Å². The van der Waals surface area contributed by atoms with E-state index < -0.39 is 22.8 Å². The maximum atomic E-state index is 13.7. The van der Waals surface area contributed by atoms with Gasteiger partial charge < -0.3 is 9.15 Å². The molecule has 0 spiro atoms. The molecule has 0 bridgehead atoms. The average Bonchev–Trinajstić information content (AvgIpc) is 3.17. The van der Waals surface area contributed by atoms with E-state index in [2.05, 4.69) is 0 Å². The molecule has 4 aromatic rings. The van der Waals surface area contributed by atoms with Gasteiger partial charge in [0.25, 0.3) is 11.6 Å². The number of fused-ring (bicyclic) bond motifs is 2. The Morgan fingerprint density at radius 3 is 2.53 bits per heavy atom. The van der Waals surface area contributed by atoms with Crippen LogP contribution >= 0.6 is 0 Å². The van der Waals surface area contributed by atoms with Gasteiger partial charge in [0.15, 0.2) is 5.43 Å². The summed E-state index contributed by atoms with van der Waals surface area (Å²) in [5, 5.41) is 11.8. The van der Waals surface area contributed by atoms with Crippen molar-refractivity contribution in [2.24, 2.45) is 0 Å². The lowest BCUT2D eigenvalue weighted by molar-refractivity contribution is -0.384. The number of non-ortho nitro benzene ring substituents is 1. The molecule has 1 aromatic heterocycles. The number of hydrogen-bond donors (Lipinski definition) is 0. The van der Waals surface area contributed by atoms with E-state index in [1.54, 1.807) is 43.3 Å². The molecule has 0 aliphatic carbocycles. The molecule has 1 aliphatic heterocycles. The Bertz CT molecular complexity index is 1610. The minimum absolute atomic E-state index is 0.105. The van der Waals surface area contributed by atoms with Crippen LogP contribution < -0.4 is 10.3 Å². The van der Waals surface area contributed by atoms with E-state index in [1.165, 1.54) is 35.2 Å². The number of ether oxygens (including phenoxy) is 1. The van der Waals surface area contributed by atoms with Gasteiger partial charge in [-0.2, -0.15) is 0 Å². The Morgan fingerprint density at radius 2 is 1.83 bits per heavy atom. The first-order valence-electron chi connectivity index (χ1n) is 11.2. The van der Waals surface area contributed by atoms with Crippen molar-refractivity contribution in [1.29, 1.82) is 0 Å². The average molecular weight is 484 g/mol. The zero-order chi connectivity index (χ0) is 25.6. The van der Waals surface area contributed by atoms with Crippen LogP contribution in [-0.2, 0) is 4.74 Å². The highest BCUT2D eigenvalue weighted by Gasteiger charge is 2.44. The lowest BCUT2D eigenvalue weighted by Gasteiger charge is -2.25. The molecular formula is C27H20N2O7. The first-order chi connectivity index (χ1) is 17.3. The molecule has 1 amide bonds. The molecule has 3 aromatic carbocycles. The van der Waals surface area contributed by atoms with E-state index in [4.69, 9.17) is 9.15 Å². The van der Waals surface area contributed by atoms with Crippen molar-refractivity contribution in [2.45, 2.75) is 19.9 Å². The zero-order valence-corrected chi connectivity index (χ0v) is 19.4. The minimum atomic E-state index is -0.970. The van der Waals surface area contributed by atoms with Crippen LogP contribution in [0.3, 0.4) is 0 Å². The fraction of sp³-hybridized carbons (Fsp3) is 0.148. The Hall–Kier alpha value is -4.79. The number of nitrogens with zero attached hydrogens (tertiary/aromatic N) is 2. The Morgan fingerprint density at radius 1 is 1.08 bits per heavy atom. The SMILES string of the molecule is CCOC(=O)c1ccc(N2C(=O)c3oc4ccc(C)cc4c(=O)c3C2c2cccc([N+](=O)[O-])c2)cc1. The molecule has 180 valence electrons. The quantitative estimate of drug-likeness (QED) is 0.224. The number of hydrogen-bond acceptors (Lipinski definition) is 7. The monoisotopic (exact) mass is 484 g/mol. The maximum Gasteiger partial charge on any atom is 0.338 e. The summed E-state index contributed by atoms with van der Waals surface area (Å²) in [7, 11) is 0. The Kier molecular flexibility index (Phi) is 5.60. The predicted molar refractivity (Wildman–Crippen MR) is 131 cm³/mol. The number of benzene rings is 3. The van der Waals surface area contributed by atoms with Crippen LogP contribution in [0.4, 0.5) is 11.4 Å². The number of anilines is 1. The lowest BCUT2D eigenvalue weighted by Crippen LogP contribution is -2.29. The van der Waals surface area contributed by atoms with Gasteiger partial charge in [-0.15, -0.1) is 0 Å². The molecule has 5 rings (SSSR count). The summed E-state index contributed by atoms with van der Waals surface area (Å²) < 4.78 is 10.9. The largest absolute Gasteiger partial charge is 0.462 e. The number of esters is 1. The first-order valence-corrected chi connectivity index (χ1v) is 11.2. The highest BCUT2D eigenvalue weighted by molar-refractivity contribution is 6.10. The van der Waals surface area contributed by atoms with Gasteiger partial charge in [-0.1, -0.05) is 23.8 Å². The van der Waals surface area contributed by atoms with Crippen LogP contribution in [0.5, 0.6) is 0 Å². The van der Waals surface area contributed by atoms with E-state index >= 15 is 0 Å². The molecule has 0 radical (unpaired) electrons. The molecule has 0 saturated heterocycles. The van der Waals surface area contributed by atoms with Crippen molar-refractivity contribution in [3.8, 4) is 0 Å². The van der Waals surface area contributed by atoms with E-state index in [-0.39, 0.29) is 34.6 Å². The van der Waals surface area contributed by atoms with Gasteiger partial charge >= 0.3 is 5.97 Å². The van der Waals surface area contributed by atoms with E-state index in [0.29, 0.717) is 22.2 Å². The minimum Gasteiger partial charge on any atom is -0.462 e. The number of carbonyl (C=O) groups is 2. The van der Waals surface area contributed by atoms with Gasteiger partial charge in [0.05, 0.1) is 34.1 Å². The summed E-state index contributed by atoms with van der Waals surface area (Å²) in [6.07, 6.45) is 0. The fourth-order valence-electron chi connectivity index (χ4n) is 4.45. The number of aryl methyl sites for hydroxylation is 1. The van der Waals surface area contributed by atoms with Crippen molar-refractivity contribution in [3.63, 3.8) is 0 Å². The summed E-state index contributed by atoms with van der Waals surface area (Å²) >= 11 is 0. The third-order valence-corrected chi connectivity index (χ3v) is 6.08. The van der Waals surface area contributed by atoms with Gasteiger partial charge in [-0.05, 0) is 55.8 Å². The number of carbonyl (C=O) groups excluding carboxylic acids is 2. The van der Waals surface area contributed by atoms with Gasteiger partial charge in [-0.3, -0.25) is 24.6 Å². The molecule has 1 atom stereocenters. The Balaban J connectivity index is 1.73. The molecule has 0 saturated carbocycles. The number of nitro groups is 1. The third kappa shape index (κ3) is 3.70. The van der Waals surface area contributed by atoms with Gasteiger partial charge in [-0.25, -0.2) is 4.79 Å². The van der Waals surface area contributed by atoms with Crippen molar-refractivity contribution in [1.82, 2.24) is 0 Å². The van der Waals surface area contributed by atoms with Crippen molar-refractivity contribution in [3.05, 3.63) is 115 Å². The molecule has 9 nitrogen and oxygen atoms in total. The zero-order valence-electron chi connectivity index (χ0n) is 19.4. The topological polar surface area (TPSA) is 120 Å². The van der Waals surface area contributed by atoms with Gasteiger partial charge in [0, 0.05) is 17.8 Å². The van der Waals surface area contributed by atoms with Crippen molar-refractivity contribution in [2.75, 3.05) is 11.5 Å². The summed E-state index contributed by atoms with van der Waals surface area (Å²) in [4.78, 5) is 51.7. The molecule has 1 unspecified atom stereocenters. The molecule has 1 aliphatic rings. The second-order valence-corrected chi connectivity index (χ2v) is 8.37. The fourth-order valence-corrected chi connectivity index (χ4v) is 4.45. The first kappa shape index (κ1) is 23.0. The van der Waals surface area contributed by atoms with Crippen LogP contribution in [0.1, 0.15) is 50.6 Å². The van der Waals surface area contributed by atoms with Crippen LogP contribution in [0.2, 0.25) is 0 Å². The van der Waals surface area contributed by atoms with Crippen LogP contribution in [0.15, 0.2) is 75.9 Å². The van der Waals surface area contributed by atoms with Crippen LogP contribution in [-0.4, -0.2) is 23.4 Å². The van der Waals surface area contributed by atoms with Crippen molar-refractivity contribution < 1.29 is 23.7 Å². The third-order valence-electron chi connectivity index (χ3n) is 6.08. The van der Waals surface area contributed by atoms with Crippen LogP contribution in [0.25, 0.3) is 11.0 Å². The second kappa shape index (κ2) is 8.77. The van der Waals surface area contributed by atoms with Gasteiger partial charge in [0.1, 0.15) is 5.58 Å². The van der Waals surface area contributed by atoms with E-state index in [0.717, 1.165) is 5.56 Å². The summed E-state index contributed by atoms with van der Waals surface area (Å²) in [5.74, 6) is -1.19. The summed E-state index contributed by atoms with van der Waals surface area (Å²) in [5.41, 5.74) is 1.73.